The Labute approximate surface area is 195 Å². The van der Waals surface area contributed by atoms with E-state index in [-0.39, 0.29) is 24.1 Å². The summed E-state index contributed by atoms with van der Waals surface area (Å²) < 4.78 is 6.62. The van der Waals surface area contributed by atoms with Gasteiger partial charge < -0.3 is 19.6 Å². The van der Waals surface area contributed by atoms with Gasteiger partial charge >= 0.3 is 0 Å². The molecule has 33 heavy (non-hydrogen) atoms. The molecule has 2 aromatic rings. The molecule has 170 valence electrons. The van der Waals surface area contributed by atoms with Crippen LogP contribution >= 0.6 is 0 Å². The lowest BCUT2D eigenvalue weighted by molar-refractivity contribution is -0.195. The number of hydrogen-bond donors (Lipinski definition) is 1. The van der Waals surface area contributed by atoms with Crippen molar-refractivity contribution in [3.8, 4) is 17.6 Å². The van der Waals surface area contributed by atoms with Crippen LogP contribution < -0.4 is 4.74 Å². The Kier molecular flexibility index (Phi) is 4.46. The number of benzene rings is 2. The zero-order chi connectivity index (χ0) is 23.0. The third-order valence-corrected chi connectivity index (χ3v) is 8.75. The van der Waals surface area contributed by atoms with Gasteiger partial charge in [0.05, 0.1) is 17.1 Å². The maximum Gasteiger partial charge on any atom is 0.298 e. The van der Waals surface area contributed by atoms with E-state index in [9.17, 15) is 9.90 Å². The Hall–Kier alpha value is -2.81. The average molecular weight is 443 g/mol. The van der Waals surface area contributed by atoms with Crippen LogP contribution in [0.5, 0.6) is 5.75 Å². The maximum absolute atomic E-state index is 13.2. The van der Waals surface area contributed by atoms with Crippen LogP contribution in [0.2, 0.25) is 0 Å². The molecule has 5 atom stereocenters. The molecule has 6 rings (SSSR count). The van der Waals surface area contributed by atoms with E-state index in [4.69, 9.17) is 4.74 Å². The van der Waals surface area contributed by atoms with Crippen LogP contribution in [0.1, 0.15) is 41.5 Å². The van der Waals surface area contributed by atoms with Gasteiger partial charge in [-0.25, -0.2) is 0 Å². The number of aliphatic hydroxyl groups is 1. The van der Waals surface area contributed by atoms with Crippen LogP contribution in [-0.2, 0) is 16.6 Å². The first-order valence-corrected chi connectivity index (χ1v) is 11.9. The fraction of sp³-hybridized carbons (Fsp3) is 0.464. The predicted octanol–water partition coefficient (Wildman–Crippen LogP) is 2.66. The van der Waals surface area contributed by atoms with Gasteiger partial charge in [0.2, 0.25) is 0 Å². The molecule has 5 heteroatoms. The number of piperidine rings is 1. The standard InChI is InChI=1S/C28H30N2O3/c1-18-6-4-7-19(16-18)10-11-24(31)30(3)21-12-13-28(32)23-17-20-8-5-9-22-25(20)27(28,26(21)33-22)14-15-29(23)2/h4-9,16,21,23,26,32H,12-15,17H2,1-3H3/t21-,23-,26+,27+,28-/m1/s1. The Morgan fingerprint density at radius 3 is 2.88 bits per heavy atom. The van der Waals surface area contributed by atoms with Gasteiger partial charge in [0.25, 0.3) is 5.91 Å². The van der Waals surface area contributed by atoms with Crippen LogP contribution in [-0.4, -0.2) is 65.2 Å². The first-order chi connectivity index (χ1) is 15.8. The first-order valence-electron chi connectivity index (χ1n) is 11.9. The second kappa shape index (κ2) is 7.09. The van der Waals surface area contributed by atoms with Crippen molar-refractivity contribution in [2.24, 2.45) is 0 Å². The smallest absolute Gasteiger partial charge is 0.298 e. The third-order valence-electron chi connectivity index (χ3n) is 8.75. The summed E-state index contributed by atoms with van der Waals surface area (Å²) in [5, 5.41) is 12.2. The van der Waals surface area contributed by atoms with Gasteiger partial charge in [-0.05, 0) is 75.5 Å². The van der Waals surface area contributed by atoms with Crippen molar-refractivity contribution in [1.29, 1.82) is 0 Å². The summed E-state index contributed by atoms with van der Waals surface area (Å²) in [4.78, 5) is 17.2. The molecule has 2 aliphatic heterocycles. The number of carbonyl (C=O) groups is 1. The molecule has 0 unspecified atom stereocenters. The third kappa shape index (κ3) is 2.71. The lowest BCUT2D eigenvalue weighted by Crippen LogP contribution is -2.77. The lowest BCUT2D eigenvalue weighted by Gasteiger charge is -2.64. The first kappa shape index (κ1) is 20.8. The van der Waals surface area contributed by atoms with Gasteiger partial charge in [0.1, 0.15) is 11.9 Å². The van der Waals surface area contributed by atoms with Crippen molar-refractivity contribution >= 4 is 5.91 Å². The number of ether oxygens (including phenoxy) is 1. The van der Waals surface area contributed by atoms with E-state index in [0.29, 0.717) is 12.8 Å². The molecule has 2 aliphatic carbocycles. The Morgan fingerprint density at radius 2 is 2.06 bits per heavy atom. The van der Waals surface area contributed by atoms with Crippen LogP contribution in [0, 0.1) is 18.8 Å². The highest BCUT2D eigenvalue weighted by atomic mass is 16.5. The van der Waals surface area contributed by atoms with E-state index in [1.807, 2.05) is 44.3 Å². The van der Waals surface area contributed by atoms with Gasteiger partial charge in [-0.3, -0.25) is 4.79 Å². The van der Waals surface area contributed by atoms with Crippen LogP contribution in [0.3, 0.4) is 0 Å². The number of likely N-dealkylation sites (N-methyl/N-ethyl adjacent to an activating group) is 2. The Bertz CT molecular complexity index is 1210. The molecule has 2 fully saturated rings. The topological polar surface area (TPSA) is 53.0 Å². The van der Waals surface area contributed by atoms with E-state index in [2.05, 4.69) is 35.9 Å². The summed E-state index contributed by atoms with van der Waals surface area (Å²) in [6, 6.07) is 14.1. The molecule has 1 N–H and O–H groups in total. The van der Waals surface area contributed by atoms with Crippen molar-refractivity contribution in [1.82, 2.24) is 9.80 Å². The van der Waals surface area contributed by atoms with Crippen molar-refractivity contribution in [3.63, 3.8) is 0 Å². The molecule has 0 aromatic heterocycles. The molecular formula is C28H30N2O3. The molecule has 1 amide bonds. The molecule has 2 bridgehead atoms. The van der Waals surface area contributed by atoms with E-state index >= 15 is 0 Å². The van der Waals surface area contributed by atoms with Gasteiger partial charge in [-0.1, -0.05) is 30.2 Å². The normalized spacial score (nSPS) is 33.4. The molecule has 2 aromatic carbocycles. The number of amides is 1. The zero-order valence-electron chi connectivity index (χ0n) is 19.5. The summed E-state index contributed by atoms with van der Waals surface area (Å²) in [5.41, 5.74) is 3.11. The van der Waals surface area contributed by atoms with E-state index in [0.717, 1.165) is 36.3 Å². The molecule has 2 heterocycles. The van der Waals surface area contributed by atoms with Crippen molar-refractivity contribution in [2.75, 3.05) is 20.6 Å². The summed E-state index contributed by atoms with van der Waals surface area (Å²) >= 11 is 0. The van der Waals surface area contributed by atoms with Gasteiger partial charge in [0.15, 0.2) is 0 Å². The SMILES string of the molecule is Cc1cccc(C#CC(=O)N(C)[C@@H]2CC[C@@]3(O)[C@H]4Cc5cccc6c5[C@@]3(CCN4C)[C@H]2O6)c1. The molecule has 4 aliphatic rings. The molecule has 1 saturated carbocycles. The molecule has 0 radical (unpaired) electrons. The second-order valence-corrected chi connectivity index (χ2v) is 10.3. The average Bonchev–Trinajstić information content (AvgIpc) is 3.14. The number of aryl methyl sites for hydroxylation is 1. The van der Waals surface area contributed by atoms with Crippen LogP contribution in [0.4, 0.5) is 0 Å². The van der Waals surface area contributed by atoms with E-state index in [1.165, 1.54) is 11.1 Å². The van der Waals surface area contributed by atoms with Gasteiger partial charge in [-0.2, -0.15) is 0 Å². The molecular weight excluding hydrogens is 412 g/mol. The largest absolute Gasteiger partial charge is 0.487 e. The van der Waals surface area contributed by atoms with Crippen molar-refractivity contribution in [3.05, 3.63) is 64.7 Å². The Morgan fingerprint density at radius 1 is 1.24 bits per heavy atom. The number of rotatable bonds is 1. The minimum atomic E-state index is -0.849. The molecule has 5 nitrogen and oxygen atoms in total. The summed E-state index contributed by atoms with van der Waals surface area (Å²) in [6.45, 7) is 2.93. The number of carbonyl (C=O) groups excluding carboxylic acids is 1. The lowest BCUT2D eigenvalue weighted by atomic mass is 9.48. The monoisotopic (exact) mass is 442 g/mol. The summed E-state index contributed by atoms with van der Waals surface area (Å²) in [6.07, 6.45) is 2.76. The second-order valence-electron chi connectivity index (χ2n) is 10.3. The highest BCUT2D eigenvalue weighted by Crippen LogP contribution is 2.64. The van der Waals surface area contributed by atoms with Crippen molar-refractivity contribution in [2.45, 2.75) is 61.8 Å². The number of hydrogen-bond acceptors (Lipinski definition) is 4. The van der Waals surface area contributed by atoms with Crippen LogP contribution in [0.25, 0.3) is 0 Å². The van der Waals surface area contributed by atoms with Gasteiger partial charge in [-0.15, -0.1) is 0 Å². The Balaban J connectivity index is 1.37. The minimum absolute atomic E-state index is 0.0706. The minimum Gasteiger partial charge on any atom is -0.487 e. The molecule has 1 saturated heterocycles. The van der Waals surface area contributed by atoms with Crippen molar-refractivity contribution < 1.29 is 14.6 Å². The maximum atomic E-state index is 13.2. The zero-order valence-corrected chi connectivity index (χ0v) is 19.5. The van der Waals surface area contributed by atoms with Gasteiger partial charge in [0, 0.05) is 30.1 Å². The van der Waals surface area contributed by atoms with Crippen LogP contribution in [0.15, 0.2) is 42.5 Å². The highest BCUT2D eigenvalue weighted by Gasteiger charge is 2.72. The summed E-state index contributed by atoms with van der Waals surface area (Å²) in [7, 11) is 3.96. The quantitative estimate of drug-likeness (QED) is 0.690. The fourth-order valence-electron chi connectivity index (χ4n) is 7.18. The fourth-order valence-corrected chi connectivity index (χ4v) is 7.18. The molecule has 1 spiro atoms. The van der Waals surface area contributed by atoms with E-state index in [1.54, 1.807) is 4.90 Å². The highest BCUT2D eigenvalue weighted by molar-refractivity contribution is 5.94. The number of nitrogens with zero attached hydrogens (tertiary/aromatic N) is 2. The number of likely N-dealkylation sites (tertiary alicyclic amines) is 1. The summed E-state index contributed by atoms with van der Waals surface area (Å²) in [5.74, 6) is 6.55. The van der Waals surface area contributed by atoms with E-state index < -0.39 is 11.0 Å². The predicted molar refractivity (Wildman–Crippen MR) is 126 cm³/mol.